The number of aryl methyl sites for hydroxylation is 1. The minimum Gasteiger partial charge on any atom is -0.382 e. The summed E-state index contributed by atoms with van der Waals surface area (Å²) in [5.74, 6) is -2.91. The Morgan fingerprint density at radius 3 is 2.44 bits per heavy atom. The number of ether oxygens (including phenoxy) is 2. The van der Waals surface area contributed by atoms with Gasteiger partial charge in [-0.05, 0) is 31.5 Å². The molecule has 4 rings (SSSR count). The maximum atomic E-state index is 14.6. The molecule has 36 heavy (non-hydrogen) atoms. The second-order valence-electron chi connectivity index (χ2n) is 8.66. The van der Waals surface area contributed by atoms with Crippen LogP contribution < -0.4 is 11.2 Å². The Kier molecular flexibility index (Phi) is 7.39. The van der Waals surface area contributed by atoms with Crippen LogP contribution in [0, 0.1) is 12.7 Å². The molecule has 1 saturated heterocycles. The van der Waals surface area contributed by atoms with Gasteiger partial charge in [0.15, 0.2) is 5.78 Å². The van der Waals surface area contributed by atoms with Gasteiger partial charge in [-0.15, -0.1) is 0 Å². The first-order valence-corrected chi connectivity index (χ1v) is 11.3. The van der Waals surface area contributed by atoms with Crippen LogP contribution in [-0.2, 0) is 20.9 Å². The van der Waals surface area contributed by atoms with Gasteiger partial charge in [0, 0.05) is 12.0 Å². The average Bonchev–Trinajstić information content (AvgIpc) is 3.29. The van der Waals surface area contributed by atoms with Gasteiger partial charge in [0.25, 0.3) is 11.5 Å². The van der Waals surface area contributed by atoms with Crippen molar-refractivity contribution in [2.24, 2.45) is 0 Å². The molecule has 4 atom stereocenters. The summed E-state index contributed by atoms with van der Waals surface area (Å²) in [5, 5.41) is 10.4. The average molecular weight is 496 g/mol. The molecule has 10 heteroatoms. The number of ketones is 1. The molecule has 1 aliphatic heterocycles. The van der Waals surface area contributed by atoms with Crippen LogP contribution in [0.4, 0.5) is 4.39 Å². The van der Waals surface area contributed by atoms with Gasteiger partial charge >= 0.3 is 5.69 Å². The van der Waals surface area contributed by atoms with E-state index in [1.54, 1.807) is 19.1 Å². The van der Waals surface area contributed by atoms with Crippen LogP contribution in [0.15, 0.2) is 70.4 Å². The lowest BCUT2D eigenvalue weighted by Crippen LogP contribution is -2.46. The van der Waals surface area contributed by atoms with Crippen LogP contribution in [0.2, 0.25) is 0 Å². The summed E-state index contributed by atoms with van der Waals surface area (Å²) in [6, 6.07) is 15.3. The van der Waals surface area contributed by atoms with E-state index in [1.165, 1.54) is 19.1 Å². The molecule has 0 saturated carbocycles. The fraction of sp³-hybridized carbons (Fsp3) is 0.308. The topological polar surface area (TPSA) is 117 Å². The number of aliphatic hydroxyl groups is 1. The van der Waals surface area contributed by atoms with Crippen LogP contribution in [0.25, 0.3) is 0 Å². The minimum atomic E-state index is -1.56. The fourth-order valence-electron chi connectivity index (χ4n) is 4.04. The molecule has 0 radical (unpaired) electrons. The Morgan fingerprint density at radius 2 is 1.81 bits per heavy atom. The molecule has 1 unspecified atom stereocenters. The van der Waals surface area contributed by atoms with E-state index in [1.807, 2.05) is 30.3 Å². The number of hydrogen-bond donors (Lipinski definition) is 1. The molecule has 2 heterocycles. The summed E-state index contributed by atoms with van der Waals surface area (Å²) in [4.78, 5) is 50.4. The molecule has 0 aliphatic carbocycles. The second kappa shape index (κ2) is 10.5. The van der Waals surface area contributed by atoms with Crippen LogP contribution in [0.3, 0.4) is 0 Å². The zero-order valence-electron chi connectivity index (χ0n) is 19.7. The normalized spacial score (nSPS) is 20.3. The number of aromatic nitrogens is 2. The summed E-state index contributed by atoms with van der Waals surface area (Å²) in [7, 11) is 0. The van der Waals surface area contributed by atoms with Gasteiger partial charge in [-0.3, -0.25) is 19.0 Å². The monoisotopic (exact) mass is 496 g/mol. The first-order chi connectivity index (χ1) is 17.2. The highest BCUT2D eigenvalue weighted by Crippen LogP contribution is 2.32. The third-order valence-electron chi connectivity index (χ3n) is 6.03. The molecule has 1 N–H and O–H groups in total. The molecule has 0 spiro atoms. The van der Waals surface area contributed by atoms with Crippen molar-refractivity contribution in [2.45, 2.75) is 51.4 Å². The van der Waals surface area contributed by atoms with Crippen molar-refractivity contribution in [3.05, 3.63) is 104 Å². The van der Waals surface area contributed by atoms with Gasteiger partial charge < -0.3 is 14.6 Å². The summed E-state index contributed by atoms with van der Waals surface area (Å²) in [5.41, 5.74) is -0.795. The molecule has 1 aromatic heterocycles. The Labute approximate surface area is 205 Å². The standard InChI is InChI=1S/C26H25FN2O7/c1-15-8-10-18(11-9-15)24(32)29-25(33)19(27)13-28(26(29)34)21-12-20(23(36-21)22(31)16(2)30)35-14-17-6-4-3-5-7-17/h3-11,13,20-23,31H,12,14H2,1-2H3/t20-,21+,22?,23-/m0/s1. The SMILES string of the molecule is CC(=O)C(O)[C@H]1O[C@@H](n2cc(F)c(=O)n(C(=O)c3ccc(C)cc3)c2=O)C[C@@H]1OCc1ccccc1. The van der Waals surface area contributed by atoms with Crippen molar-refractivity contribution in [2.75, 3.05) is 0 Å². The summed E-state index contributed by atoms with van der Waals surface area (Å²) in [6.07, 6.45) is -4.14. The molecule has 0 bridgehead atoms. The highest BCUT2D eigenvalue weighted by molar-refractivity contribution is 5.95. The summed E-state index contributed by atoms with van der Waals surface area (Å²) < 4.78 is 27.3. The number of nitrogens with zero attached hydrogens (tertiary/aromatic N) is 2. The number of carbonyl (C=O) groups excluding carboxylic acids is 2. The number of rotatable bonds is 7. The van der Waals surface area contributed by atoms with Crippen LogP contribution in [0.1, 0.15) is 41.1 Å². The summed E-state index contributed by atoms with van der Waals surface area (Å²) >= 11 is 0. The van der Waals surface area contributed by atoms with Crippen molar-refractivity contribution in [3.8, 4) is 0 Å². The maximum Gasteiger partial charge on any atom is 0.340 e. The van der Waals surface area contributed by atoms with Gasteiger partial charge in [-0.1, -0.05) is 48.0 Å². The van der Waals surface area contributed by atoms with Crippen molar-refractivity contribution >= 4 is 11.7 Å². The van der Waals surface area contributed by atoms with Gasteiger partial charge in [0.1, 0.15) is 18.4 Å². The van der Waals surface area contributed by atoms with Crippen molar-refractivity contribution in [1.29, 1.82) is 0 Å². The molecular formula is C26H25FN2O7. The number of carbonyl (C=O) groups is 2. The number of aliphatic hydroxyl groups excluding tert-OH is 1. The third kappa shape index (κ3) is 5.11. The lowest BCUT2D eigenvalue weighted by Gasteiger charge is -2.22. The molecule has 3 aromatic rings. The van der Waals surface area contributed by atoms with Crippen LogP contribution in [0.5, 0.6) is 0 Å². The smallest absolute Gasteiger partial charge is 0.340 e. The molecular weight excluding hydrogens is 471 g/mol. The van der Waals surface area contributed by atoms with Crippen LogP contribution >= 0.6 is 0 Å². The second-order valence-corrected chi connectivity index (χ2v) is 8.66. The summed E-state index contributed by atoms with van der Waals surface area (Å²) in [6.45, 7) is 3.12. The fourth-order valence-corrected chi connectivity index (χ4v) is 4.04. The lowest BCUT2D eigenvalue weighted by molar-refractivity contribution is -0.142. The van der Waals surface area contributed by atoms with E-state index in [0.717, 1.165) is 15.7 Å². The molecule has 1 fully saturated rings. The zero-order valence-corrected chi connectivity index (χ0v) is 19.7. The number of Topliss-reactive ketones (excluding diaryl/α,β-unsaturated/α-hetero) is 1. The Bertz CT molecular complexity index is 1380. The van der Waals surface area contributed by atoms with E-state index >= 15 is 0 Å². The van der Waals surface area contributed by atoms with Gasteiger partial charge in [-0.2, -0.15) is 8.96 Å². The predicted octanol–water partition coefficient (Wildman–Crippen LogP) is 1.97. The molecule has 1 aliphatic rings. The van der Waals surface area contributed by atoms with Crippen molar-refractivity contribution in [1.82, 2.24) is 9.13 Å². The number of hydrogen-bond acceptors (Lipinski definition) is 7. The quantitative estimate of drug-likeness (QED) is 0.532. The Morgan fingerprint density at radius 1 is 1.14 bits per heavy atom. The number of halogens is 1. The highest BCUT2D eigenvalue weighted by atomic mass is 19.1. The van der Waals surface area contributed by atoms with E-state index in [4.69, 9.17) is 9.47 Å². The molecule has 188 valence electrons. The van der Waals surface area contributed by atoms with Crippen LogP contribution in [-0.4, -0.2) is 44.2 Å². The molecule has 9 nitrogen and oxygen atoms in total. The van der Waals surface area contributed by atoms with Gasteiger partial charge in [0.2, 0.25) is 5.82 Å². The van der Waals surface area contributed by atoms with Gasteiger partial charge in [-0.25, -0.2) is 4.79 Å². The molecule has 2 aromatic carbocycles. The maximum absolute atomic E-state index is 14.6. The van der Waals surface area contributed by atoms with E-state index in [2.05, 4.69) is 0 Å². The third-order valence-corrected chi connectivity index (χ3v) is 6.03. The van der Waals surface area contributed by atoms with Gasteiger partial charge in [0.05, 0.1) is 18.9 Å². The Balaban J connectivity index is 1.67. The zero-order chi connectivity index (χ0) is 26.0. The van der Waals surface area contributed by atoms with E-state index in [0.29, 0.717) is 6.20 Å². The highest BCUT2D eigenvalue weighted by Gasteiger charge is 2.43. The minimum absolute atomic E-state index is 0.0261. The van der Waals surface area contributed by atoms with E-state index in [-0.39, 0.29) is 23.2 Å². The molecule has 0 amide bonds. The first-order valence-electron chi connectivity index (χ1n) is 11.3. The van der Waals surface area contributed by atoms with Crippen molar-refractivity contribution < 1.29 is 28.6 Å². The largest absolute Gasteiger partial charge is 0.382 e. The number of benzene rings is 2. The first kappa shape index (κ1) is 25.4. The predicted molar refractivity (Wildman–Crippen MR) is 126 cm³/mol. The van der Waals surface area contributed by atoms with Crippen molar-refractivity contribution in [3.63, 3.8) is 0 Å². The lowest BCUT2D eigenvalue weighted by atomic mass is 10.0. The van der Waals surface area contributed by atoms with E-state index < -0.39 is 53.3 Å². The Hall–Kier alpha value is -3.73. The van der Waals surface area contributed by atoms with E-state index in [9.17, 15) is 28.7 Å².